The lowest BCUT2D eigenvalue weighted by atomic mass is 10.2. The summed E-state index contributed by atoms with van der Waals surface area (Å²) in [6, 6.07) is 11.8. The van der Waals surface area contributed by atoms with Crippen molar-refractivity contribution in [3.8, 4) is 0 Å². The highest BCUT2D eigenvalue weighted by Crippen LogP contribution is 2.17. The number of benzene rings is 2. The number of hydrogen-bond acceptors (Lipinski definition) is 6. The van der Waals surface area contributed by atoms with E-state index in [0.717, 1.165) is 11.8 Å². The molecule has 3 N–H and O–H groups in total. The molecular weight excluding hydrogens is 437 g/mol. The molecule has 0 saturated heterocycles. The summed E-state index contributed by atoms with van der Waals surface area (Å²) in [4.78, 5) is 47.5. The van der Waals surface area contributed by atoms with Crippen LogP contribution in [0.5, 0.6) is 0 Å². The van der Waals surface area contributed by atoms with Crippen molar-refractivity contribution in [2.45, 2.75) is 32.1 Å². The topological polar surface area (TPSA) is 114 Å². The van der Waals surface area contributed by atoms with E-state index >= 15 is 0 Å². The normalized spacial score (nSPS) is 12.2. The molecule has 0 spiro atoms. The molecule has 32 heavy (non-hydrogen) atoms. The van der Waals surface area contributed by atoms with Gasteiger partial charge in [-0.2, -0.15) is 0 Å². The Hall–Kier alpha value is -3.40. The third-order valence-electron chi connectivity index (χ3n) is 4.06. The Kier molecular flexibility index (Phi) is 9.21. The molecule has 0 aliphatic carbocycles. The SMILES string of the molecule is CC(=O)Nc1ccc(NC(=O)[C@@H](C)OC(=O)[C@H](C)SCC(=O)Nc2ccc(F)cc2)cc1. The second-order valence-corrected chi connectivity index (χ2v) is 8.16. The zero-order valence-electron chi connectivity index (χ0n) is 17.8. The largest absolute Gasteiger partial charge is 0.452 e. The maximum absolute atomic E-state index is 12.9. The summed E-state index contributed by atoms with van der Waals surface area (Å²) < 4.78 is 18.1. The van der Waals surface area contributed by atoms with Gasteiger partial charge in [-0.05, 0) is 62.4 Å². The van der Waals surface area contributed by atoms with E-state index in [9.17, 15) is 23.6 Å². The highest BCUT2D eigenvalue weighted by molar-refractivity contribution is 8.01. The van der Waals surface area contributed by atoms with E-state index in [2.05, 4.69) is 16.0 Å². The lowest BCUT2D eigenvalue weighted by Crippen LogP contribution is -2.33. The molecule has 0 unspecified atom stereocenters. The van der Waals surface area contributed by atoms with Gasteiger partial charge in [-0.3, -0.25) is 19.2 Å². The summed E-state index contributed by atoms with van der Waals surface area (Å²) in [6.45, 7) is 4.41. The van der Waals surface area contributed by atoms with Crippen molar-refractivity contribution >= 4 is 52.5 Å². The molecule has 0 bridgehead atoms. The van der Waals surface area contributed by atoms with Crippen molar-refractivity contribution < 1.29 is 28.3 Å². The maximum atomic E-state index is 12.9. The number of anilines is 3. The average Bonchev–Trinajstić information content (AvgIpc) is 2.74. The molecule has 0 aliphatic rings. The van der Waals surface area contributed by atoms with Crippen LogP contribution in [0.1, 0.15) is 20.8 Å². The first-order chi connectivity index (χ1) is 15.1. The number of carbonyl (C=O) groups is 4. The number of halogens is 1. The molecule has 0 fully saturated rings. The number of hydrogen-bond donors (Lipinski definition) is 3. The zero-order valence-corrected chi connectivity index (χ0v) is 18.6. The fourth-order valence-corrected chi connectivity index (χ4v) is 3.07. The summed E-state index contributed by atoms with van der Waals surface area (Å²) in [5, 5.41) is 7.16. The predicted molar refractivity (Wildman–Crippen MR) is 122 cm³/mol. The smallest absolute Gasteiger partial charge is 0.319 e. The van der Waals surface area contributed by atoms with Crippen LogP contribution in [-0.2, 0) is 23.9 Å². The molecule has 2 aromatic rings. The van der Waals surface area contributed by atoms with Gasteiger partial charge in [-0.15, -0.1) is 11.8 Å². The average molecular weight is 462 g/mol. The minimum atomic E-state index is -1.05. The summed E-state index contributed by atoms with van der Waals surface area (Å²) in [5.74, 6) is -2.13. The molecule has 0 aliphatic heterocycles. The van der Waals surface area contributed by atoms with Crippen LogP contribution in [0.25, 0.3) is 0 Å². The number of ether oxygens (including phenoxy) is 1. The van der Waals surface area contributed by atoms with Gasteiger partial charge in [0.2, 0.25) is 11.8 Å². The quantitative estimate of drug-likeness (QED) is 0.493. The highest BCUT2D eigenvalue weighted by Gasteiger charge is 2.23. The summed E-state index contributed by atoms with van der Waals surface area (Å²) >= 11 is 1.05. The van der Waals surface area contributed by atoms with Crippen molar-refractivity contribution in [2.75, 3.05) is 21.7 Å². The number of amides is 3. The van der Waals surface area contributed by atoms with Crippen LogP contribution in [0.2, 0.25) is 0 Å². The maximum Gasteiger partial charge on any atom is 0.319 e. The standard InChI is InChI=1S/C22H24FN3O5S/c1-13(21(29)26-19-10-8-17(9-11-19)24-15(3)27)31-22(30)14(2)32-12-20(28)25-18-6-4-16(23)5-7-18/h4-11,13-14H,12H2,1-3H3,(H,24,27)(H,25,28)(H,26,29)/t13-,14+/m1/s1. The van der Waals surface area contributed by atoms with Crippen LogP contribution in [0, 0.1) is 5.82 Å². The zero-order chi connectivity index (χ0) is 23.7. The van der Waals surface area contributed by atoms with Crippen molar-refractivity contribution in [1.29, 1.82) is 0 Å². The van der Waals surface area contributed by atoms with Gasteiger partial charge >= 0.3 is 5.97 Å². The molecule has 0 aromatic heterocycles. The van der Waals surface area contributed by atoms with Crippen molar-refractivity contribution in [3.63, 3.8) is 0 Å². The number of nitrogens with one attached hydrogen (secondary N) is 3. The third-order valence-corrected chi connectivity index (χ3v) is 5.18. The van der Waals surface area contributed by atoms with Crippen LogP contribution in [0.3, 0.4) is 0 Å². The minimum Gasteiger partial charge on any atom is -0.452 e. The van der Waals surface area contributed by atoms with Crippen LogP contribution in [0.15, 0.2) is 48.5 Å². The Bertz CT molecular complexity index is 967. The van der Waals surface area contributed by atoms with E-state index in [1.165, 1.54) is 38.1 Å². The first-order valence-electron chi connectivity index (χ1n) is 9.70. The second-order valence-electron chi connectivity index (χ2n) is 6.84. The fourth-order valence-electron chi connectivity index (χ4n) is 2.41. The molecular formula is C22H24FN3O5S. The van der Waals surface area contributed by atoms with Gasteiger partial charge in [0.1, 0.15) is 11.1 Å². The number of esters is 1. The van der Waals surface area contributed by atoms with E-state index in [1.54, 1.807) is 31.2 Å². The molecule has 0 radical (unpaired) electrons. The Morgan fingerprint density at radius 1 is 0.875 bits per heavy atom. The lowest BCUT2D eigenvalue weighted by molar-refractivity contribution is -0.152. The third kappa shape index (κ3) is 8.38. The molecule has 2 rings (SSSR count). The van der Waals surface area contributed by atoms with Gasteiger partial charge in [0.15, 0.2) is 6.10 Å². The van der Waals surface area contributed by atoms with Gasteiger partial charge in [0.05, 0.1) is 5.75 Å². The molecule has 10 heteroatoms. The van der Waals surface area contributed by atoms with Gasteiger partial charge in [-0.25, -0.2) is 4.39 Å². The Morgan fingerprint density at radius 2 is 1.38 bits per heavy atom. The molecule has 8 nitrogen and oxygen atoms in total. The minimum absolute atomic E-state index is 0.0190. The lowest BCUT2D eigenvalue weighted by Gasteiger charge is -2.16. The number of rotatable bonds is 9. The Balaban J connectivity index is 1.76. The molecule has 170 valence electrons. The number of carbonyl (C=O) groups excluding carboxylic acids is 4. The van der Waals surface area contributed by atoms with Gasteiger partial charge < -0.3 is 20.7 Å². The van der Waals surface area contributed by atoms with Crippen LogP contribution < -0.4 is 16.0 Å². The summed E-state index contributed by atoms with van der Waals surface area (Å²) in [7, 11) is 0. The second kappa shape index (κ2) is 11.8. The van der Waals surface area contributed by atoms with Crippen molar-refractivity contribution in [3.05, 3.63) is 54.3 Å². The first-order valence-corrected chi connectivity index (χ1v) is 10.7. The summed E-state index contributed by atoms with van der Waals surface area (Å²) in [6.07, 6.45) is -1.05. The first kappa shape index (κ1) is 24.9. The van der Waals surface area contributed by atoms with E-state index in [0.29, 0.717) is 17.1 Å². The van der Waals surface area contributed by atoms with Crippen LogP contribution in [-0.4, -0.2) is 40.8 Å². The Morgan fingerprint density at radius 3 is 1.94 bits per heavy atom. The van der Waals surface area contributed by atoms with Gasteiger partial charge in [0, 0.05) is 24.0 Å². The fraction of sp³-hybridized carbons (Fsp3) is 0.273. The molecule has 0 saturated carbocycles. The van der Waals surface area contributed by atoms with Crippen LogP contribution in [0.4, 0.5) is 21.5 Å². The highest BCUT2D eigenvalue weighted by atomic mass is 32.2. The molecule has 0 heterocycles. The summed E-state index contributed by atoms with van der Waals surface area (Å²) in [5.41, 5.74) is 1.51. The number of thioether (sulfide) groups is 1. The van der Waals surface area contributed by atoms with Crippen molar-refractivity contribution in [1.82, 2.24) is 0 Å². The van der Waals surface area contributed by atoms with Gasteiger partial charge in [0.25, 0.3) is 5.91 Å². The van der Waals surface area contributed by atoms with Crippen LogP contribution >= 0.6 is 11.8 Å². The van der Waals surface area contributed by atoms with Crippen molar-refractivity contribution in [2.24, 2.45) is 0 Å². The molecule has 3 amide bonds. The van der Waals surface area contributed by atoms with Gasteiger partial charge in [-0.1, -0.05) is 0 Å². The van der Waals surface area contributed by atoms with E-state index in [1.807, 2.05) is 0 Å². The van der Waals surface area contributed by atoms with E-state index < -0.39 is 29.0 Å². The van der Waals surface area contributed by atoms with E-state index in [4.69, 9.17) is 4.74 Å². The predicted octanol–water partition coefficient (Wildman–Crippen LogP) is 3.41. The Labute approximate surface area is 189 Å². The molecule has 2 atom stereocenters. The van der Waals surface area contributed by atoms with E-state index in [-0.39, 0.29) is 17.6 Å². The molecule has 2 aromatic carbocycles. The monoisotopic (exact) mass is 461 g/mol.